The van der Waals surface area contributed by atoms with Crippen molar-refractivity contribution < 1.29 is 41.0 Å². The van der Waals surface area contributed by atoms with E-state index >= 15 is 4.39 Å². The number of carboxylic acid groups (broad SMARTS) is 1. The Morgan fingerprint density at radius 3 is 2.27 bits per heavy atom. The van der Waals surface area contributed by atoms with E-state index in [-0.39, 0.29) is 32.1 Å². The lowest BCUT2D eigenvalue weighted by atomic mass is 9.59. The molecular formula is C31H33F6NO3. The van der Waals surface area contributed by atoms with Crippen molar-refractivity contribution in [3.05, 3.63) is 70.5 Å². The Hall–Kier alpha value is -3.04. The lowest BCUT2D eigenvalue weighted by Gasteiger charge is -2.55. The number of amides is 1. The molecule has 1 saturated carbocycles. The van der Waals surface area contributed by atoms with Crippen LogP contribution in [0.5, 0.6) is 0 Å². The molecule has 2 aliphatic carbocycles. The highest BCUT2D eigenvalue weighted by Gasteiger charge is 2.56. The number of carboxylic acids is 1. The summed E-state index contributed by atoms with van der Waals surface area (Å²) < 4.78 is 85.4. The van der Waals surface area contributed by atoms with E-state index in [9.17, 15) is 36.6 Å². The molecule has 0 radical (unpaired) electrons. The van der Waals surface area contributed by atoms with Crippen molar-refractivity contribution in [2.45, 2.75) is 93.7 Å². The van der Waals surface area contributed by atoms with Crippen LogP contribution in [0.15, 0.2) is 42.5 Å². The Labute approximate surface area is 234 Å². The van der Waals surface area contributed by atoms with E-state index in [1.807, 2.05) is 0 Å². The van der Waals surface area contributed by atoms with Crippen LogP contribution in [0.3, 0.4) is 0 Å². The van der Waals surface area contributed by atoms with Crippen molar-refractivity contribution in [1.29, 1.82) is 0 Å². The highest BCUT2D eigenvalue weighted by molar-refractivity contribution is 5.86. The largest absolute Gasteiger partial charge is 0.481 e. The minimum absolute atomic E-state index is 0.0591. The summed E-state index contributed by atoms with van der Waals surface area (Å²) in [6, 6.07) is 9.30. The number of hydrogen-bond acceptors (Lipinski definition) is 2. The third-order valence-corrected chi connectivity index (χ3v) is 9.64. The van der Waals surface area contributed by atoms with E-state index in [1.165, 1.54) is 24.3 Å². The molecule has 1 N–H and O–H groups in total. The van der Waals surface area contributed by atoms with Gasteiger partial charge in [-0.25, -0.2) is 13.2 Å². The lowest BCUT2D eigenvalue weighted by Crippen LogP contribution is -2.63. The Morgan fingerprint density at radius 2 is 1.66 bits per heavy atom. The van der Waals surface area contributed by atoms with Gasteiger partial charge in [0.05, 0.1) is 5.92 Å². The van der Waals surface area contributed by atoms with Crippen molar-refractivity contribution in [3.63, 3.8) is 0 Å². The Balaban J connectivity index is 1.54. The first-order chi connectivity index (χ1) is 19.2. The van der Waals surface area contributed by atoms with Crippen LogP contribution >= 0.6 is 0 Å². The number of alkyl halides is 5. The summed E-state index contributed by atoms with van der Waals surface area (Å²) in [6.45, 7) is 0.794. The van der Waals surface area contributed by atoms with Gasteiger partial charge in [0.15, 0.2) is 5.67 Å². The average Bonchev–Trinajstić information content (AvgIpc) is 2.92. The first-order valence-electron chi connectivity index (χ1n) is 14.0. The number of rotatable bonds is 5. The summed E-state index contributed by atoms with van der Waals surface area (Å²) in [6.07, 6.45) is -3.36. The van der Waals surface area contributed by atoms with Crippen molar-refractivity contribution >= 4 is 11.9 Å². The molecule has 4 nitrogen and oxygen atoms in total. The summed E-state index contributed by atoms with van der Waals surface area (Å²) in [7, 11) is 0. The molecule has 1 aliphatic heterocycles. The van der Waals surface area contributed by atoms with Crippen LogP contribution in [-0.2, 0) is 33.5 Å². The molecule has 0 aromatic heterocycles. The highest BCUT2D eigenvalue weighted by Crippen LogP contribution is 2.51. The maximum absolute atomic E-state index is 16.2. The molecule has 1 amide bonds. The van der Waals surface area contributed by atoms with Gasteiger partial charge in [0.2, 0.25) is 5.67 Å². The minimum atomic E-state index is -5.10. The number of benzene rings is 2. The van der Waals surface area contributed by atoms with E-state index < -0.39 is 58.1 Å². The molecule has 0 spiro atoms. The second-order valence-electron chi connectivity index (χ2n) is 12.1. The zero-order chi connectivity index (χ0) is 29.8. The summed E-state index contributed by atoms with van der Waals surface area (Å²) >= 11 is 0. The van der Waals surface area contributed by atoms with E-state index in [0.717, 1.165) is 11.6 Å². The lowest BCUT2D eigenvalue weighted by molar-refractivity contribution is -0.228. The van der Waals surface area contributed by atoms with Gasteiger partial charge in [-0.05, 0) is 99.1 Å². The van der Waals surface area contributed by atoms with E-state index in [0.29, 0.717) is 50.3 Å². The molecule has 3 atom stereocenters. The number of fused-ring (bicyclic) bond motifs is 3. The third-order valence-electron chi connectivity index (χ3n) is 9.64. The quantitative estimate of drug-likeness (QED) is 0.388. The number of aryl methyl sites for hydroxylation is 1. The number of likely N-dealkylation sites (tertiary alicyclic amines) is 1. The van der Waals surface area contributed by atoms with E-state index in [2.05, 4.69) is 0 Å². The molecule has 1 heterocycles. The number of carbonyl (C=O) groups is 2. The standard InChI is InChI=1S/C31H33F6NO3/c1-28(33,31(35,36)37)22-6-9-24-21(17-22)5-10-25-29(24,18-19-3-7-23(32)8-4-19)13-2-16-38(25)27(41)30(34)14-11-20(12-15-30)26(39)40/h3-4,6-9,17,20,25H,2,5,10-16,18H2,1H3,(H,39,40)/t20-,25?,28?,29?,30+. The summed E-state index contributed by atoms with van der Waals surface area (Å²) in [4.78, 5) is 26.8. The fourth-order valence-corrected chi connectivity index (χ4v) is 7.27. The van der Waals surface area contributed by atoms with Gasteiger partial charge in [-0.1, -0.05) is 30.3 Å². The molecule has 10 heteroatoms. The molecule has 222 valence electrons. The van der Waals surface area contributed by atoms with Crippen LogP contribution in [0.2, 0.25) is 0 Å². The molecule has 0 bridgehead atoms. The zero-order valence-electron chi connectivity index (χ0n) is 22.7. The van der Waals surface area contributed by atoms with E-state index in [1.54, 1.807) is 17.0 Å². The Morgan fingerprint density at radius 1 is 1.00 bits per heavy atom. The van der Waals surface area contributed by atoms with Gasteiger partial charge >= 0.3 is 12.1 Å². The predicted octanol–water partition coefficient (Wildman–Crippen LogP) is 6.97. The Kier molecular flexibility index (Phi) is 7.43. The summed E-state index contributed by atoms with van der Waals surface area (Å²) in [5.74, 6) is -2.81. The van der Waals surface area contributed by atoms with Crippen LogP contribution in [0.25, 0.3) is 0 Å². The van der Waals surface area contributed by atoms with Gasteiger partial charge in [-0.2, -0.15) is 13.2 Å². The van der Waals surface area contributed by atoms with E-state index in [4.69, 9.17) is 0 Å². The first-order valence-corrected chi connectivity index (χ1v) is 14.0. The molecule has 5 rings (SSSR count). The van der Waals surface area contributed by atoms with Gasteiger partial charge in [0.25, 0.3) is 5.91 Å². The number of aliphatic carboxylic acids is 1. The van der Waals surface area contributed by atoms with Crippen molar-refractivity contribution in [2.75, 3.05) is 6.54 Å². The first kappa shape index (κ1) is 29.5. The fraction of sp³-hybridized carbons (Fsp3) is 0.548. The van der Waals surface area contributed by atoms with Gasteiger partial charge in [0.1, 0.15) is 5.82 Å². The molecule has 41 heavy (non-hydrogen) atoms. The smallest absolute Gasteiger partial charge is 0.426 e. The van der Waals surface area contributed by atoms with Gasteiger partial charge < -0.3 is 10.0 Å². The minimum Gasteiger partial charge on any atom is -0.481 e. The monoisotopic (exact) mass is 581 g/mol. The van der Waals surface area contributed by atoms with Crippen molar-refractivity contribution in [1.82, 2.24) is 4.90 Å². The molecule has 2 aromatic rings. The number of nitrogens with zero attached hydrogens (tertiary/aromatic N) is 1. The van der Waals surface area contributed by atoms with Crippen molar-refractivity contribution in [2.24, 2.45) is 5.92 Å². The molecular weight excluding hydrogens is 548 g/mol. The maximum atomic E-state index is 16.2. The normalized spacial score (nSPS) is 29.7. The summed E-state index contributed by atoms with van der Waals surface area (Å²) in [5.41, 5.74) is -5.05. The van der Waals surface area contributed by atoms with Gasteiger partial charge in [0, 0.05) is 18.0 Å². The van der Waals surface area contributed by atoms with Crippen LogP contribution in [0.4, 0.5) is 26.3 Å². The molecule has 3 aliphatic rings. The number of carbonyl (C=O) groups excluding carboxylic acids is 1. The van der Waals surface area contributed by atoms with Crippen LogP contribution in [0.1, 0.15) is 74.1 Å². The zero-order valence-corrected chi connectivity index (χ0v) is 22.7. The molecule has 1 saturated heterocycles. The fourth-order valence-electron chi connectivity index (χ4n) is 7.27. The topological polar surface area (TPSA) is 57.6 Å². The number of halogens is 6. The number of hydrogen-bond donors (Lipinski definition) is 1. The SMILES string of the molecule is CC(F)(c1ccc2c(c1)CCC1N(C(=O)[C@]3(F)CC[C@@H](C(=O)O)CC3)CCCC21Cc1ccc(F)cc1)C(F)(F)F. The van der Waals surface area contributed by atoms with Crippen molar-refractivity contribution in [3.8, 4) is 0 Å². The predicted molar refractivity (Wildman–Crippen MR) is 139 cm³/mol. The second-order valence-corrected chi connectivity index (χ2v) is 12.1. The maximum Gasteiger partial charge on any atom is 0.426 e. The molecule has 2 aromatic carbocycles. The number of piperidine rings is 1. The molecule has 2 fully saturated rings. The van der Waals surface area contributed by atoms with Crippen LogP contribution < -0.4 is 0 Å². The third kappa shape index (κ3) is 5.12. The van der Waals surface area contributed by atoms with Crippen LogP contribution in [0, 0.1) is 11.7 Å². The summed E-state index contributed by atoms with van der Waals surface area (Å²) in [5, 5.41) is 9.32. The van der Waals surface area contributed by atoms with Crippen LogP contribution in [-0.4, -0.2) is 46.3 Å². The highest BCUT2D eigenvalue weighted by atomic mass is 19.4. The van der Waals surface area contributed by atoms with Gasteiger partial charge in [-0.15, -0.1) is 0 Å². The van der Waals surface area contributed by atoms with Gasteiger partial charge in [-0.3, -0.25) is 9.59 Å². The second kappa shape index (κ2) is 10.3. The Bertz CT molecular complexity index is 1320. The molecule has 3 unspecified atom stereocenters. The average molecular weight is 582 g/mol.